The highest BCUT2D eigenvalue weighted by Gasteiger charge is 2.21. The molecule has 0 radical (unpaired) electrons. The van der Waals surface area contributed by atoms with Gasteiger partial charge in [-0.3, -0.25) is 4.90 Å². The van der Waals surface area contributed by atoms with Crippen LogP contribution in [0.1, 0.15) is 26.2 Å². The number of hydrogen-bond acceptors (Lipinski definition) is 9. The molecule has 2 aliphatic rings. The average Bonchev–Trinajstić information content (AvgIpc) is 2.80. The second-order valence-electron chi connectivity index (χ2n) is 7.89. The fraction of sp³-hybridized carbons (Fsp3) is 0.571. The molecule has 2 aromatic heterocycles. The van der Waals surface area contributed by atoms with Gasteiger partial charge in [0, 0.05) is 57.2 Å². The van der Waals surface area contributed by atoms with Crippen LogP contribution in [0.4, 0.5) is 11.8 Å². The number of aromatic nitrogens is 4. The zero-order valence-electron chi connectivity index (χ0n) is 18.4. The molecule has 0 amide bonds. The molecule has 2 aromatic rings. The molecule has 2 saturated heterocycles. The summed E-state index contributed by atoms with van der Waals surface area (Å²) in [4.78, 5) is 22.8. The average molecular weight is 475 g/mol. The number of hydrogen-bond donors (Lipinski definition) is 2. The lowest BCUT2D eigenvalue weighted by molar-refractivity contribution is 0.0389. The summed E-state index contributed by atoms with van der Waals surface area (Å²) < 4.78 is 5.40. The van der Waals surface area contributed by atoms with Crippen molar-refractivity contribution in [2.45, 2.75) is 42.4 Å². The first kappa shape index (κ1) is 23.1. The first-order valence-electron chi connectivity index (χ1n) is 11.1. The lowest BCUT2D eigenvalue weighted by atomic mass is 10.0. The molecule has 4 heterocycles. The van der Waals surface area contributed by atoms with E-state index in [0.29, 0.717) is 22.3 Å². The van der Waals surface area contributed by atoms with Gasteiger partial charge in [-0.25, -0.2) is 15.0 Å². The maximum atomic E-state index is 5.51. The summed E-state index contributed by atoms with van der Waals surface area (Å²) in [5.41, 5.74) is 0. The zero-order chi connectivity index (χ0) is 22.2. The third-order valence-electron chi connectivity index (χ3n) is 5.57. The van der Waals surface area contributed by atoms with E-state index in [4.69, 9.17) is 21.9 Å². The van der Waals surface area contributed by atoms with E-state index in [1.165, 1.54) is 31.0 Å². The molecule has 4 rings (SSSR count). The Labute approximate surface area is 198 Å². The smallest absolute Gasteiger partial charge is 0.232 e. The summed E-state index contributed by atoms with van der Waals surface area (Å²) >= 11 is 6.93. The molecule has 9 nitrogen and oxygen atoms in total. The van der Waals surface area contributed by atoms with Crippen LogP contribution in [0.3, 0.4) is 0 Å². The number of ether oxygens (including phenoxy) is 1. The quantitative estimate of drug-likeness (QED) is 0.352. The van der Waals surface area contributed by atoms with E-state index in [-0.39, 0.29) is 0 Å². The molecule has 11 heteroatoms. The molecule has 0 spiro atoms. The Bertz CT molecular complexity index is 881. The molecule has 172 valence electrons. The van der Waals surface area contributed by atoms with Crippen molar-refractivity contribution in [3.63, 3.8) is 0 Å². The summed E-state index contributed by atoms with van der Waals surface area (Å²) in [6.45, 7) is 8.43. The van der Waals surface area contributed by atoms with Gasteiger partial charge < -0.3 is 20.3 Å². The van der Waals surface area contributed by atoms with Crippen LogP contribution in [0.2, 0.25) is 0 Å². The minimum absolute atomic E-state index is 0.441. The Morgan fingerprint density at radius 1 is 1.19 bits per heavy atom. The van der Waals surface area contributed by atoms with Gasteiger partial charge in [0.25, 0.3) is 0 Å². The van der Waals surface area contributed by atoms with Crippen molar-refractivity contribution < 1.29 is 4.74 Å². The van der Waals surface area contributed by atoms with Crippen molar-refractivity contribution in [1.82, 2.24) is 30.2 Å². The van der Waals surface area contributed by atoms with Gasteiger partial charge in [-0.2, -0.15) is 4.98 Å². The number of nitrogens with zero attached hydrogens (tertiary/aromatic N) is 6. The molecule has 1 atom stereocenters. The lowest BCUT2D eigenvalue weighted by Crippen LogP contribution is -2.42. The zero-order valence-corrected chi connectivity index (χ0v) is 20.0. The molecule has 0 aliphatic carbocycles. The summed E-state index contributed by atoms with van der Waals surface area (Å²) in [6.07, 6.45) is 7.06. The second kappa shape index (κ2) is 11.7. The van der Waals surface area contributed by atoms with Gasteiger partial charge in [-0.05, 0) is 56.2 Å². The maximum Gasteiger partial charge on any atom is 0.232 e. The predicted molar refractivity (Wildman–Crippen MR) is 130 cm³/mol. The van der Waals surface area contributed by atoms with Gasteiger partial charge in [0.05, 0.1) is 13.2 Å². The van der Waals surface area contributed by atoms with Crippen LogP contribution in [-0.4, -0.2) is 81.9 Å². The minimum Gasteiger partial charge on any atom is -0.379 e. The number of anilines is 2. The second-order valence-corrected chi connectivity index (χ2v) is 9.29. The van der Waals surface area contributed by atoms with Crippen molar-refractivity contribution in [2.24, 2.45) is 0 Å². The summed E-state index contributed by atoms with van der Waals surface area (Å²) in [7, 11) is 0. The van der Waals surface area contributed by atoms with Crippen LogP contribution in [0.5, 0.6) is 0 Å². The fourth-order valence-corrected chi connectivity index (χ4v) is 4.74. The molecule has 0 bridgehead atoms. The van der Waals surface area contributed by atoms with E-state index in [9.17, 15) is 0 Å². The standard InChI is InChI=1S/C21H30N8OS2/c1-16-5-2-3-9-29(16)17-15-18(32-21-23-6-4-7-24-21)26-19(25-17)27-20(31)22-8-10-28-11-13-30-14-12-28/h4,6-7,15-16H,2-3,5,8-14H2,1H3,(H2,22,25,26,27,31)/t16-/m1/s1. The van der Waals surface area contributed by atoms with Crippen molar-refractivity contribution in [3.05, 3.63) is 24.5 Å². The number of thiocarbonyl (C=S) groups is 1. The van der Waals surface area contributed by atoms with Crippen molar-refractivity contribution >= 4 is 40.9 Å². The first-order valence-corrected chi connectivity index (χ1v) is 12.4. The largest absolute Gasteiger partial charge is 0.379 e. The number of nitrogens with one attached hydrogen (secondary N) is 2. The molecular formula is C21H30N8OS2. The Morgan fingerprint density at radius 2 is 2.00 bits per heavy atom. The van der Waals surface area contributed by atoms with Crippen LogP contribution in [0.15, 0.2) is 34.7 Å². The maximum absolute atomic E-state index is 5.51. The van der Waals surface area contributed by atoms with E-state index in [1.54, 1.807) is 18.5 Å². The molecule has 32 heavy (non-hydrogen) atoms. The highest BCUT2D eigenvalue weighted by Crippen LogP contribution is 2.29. The molecule has 2 aliphatic heterocycles. The Hall–Kier alpha value is -2.08. The molecule has 0 aromatic carbocycles. The van der Waals surface area contributed by atoms with E-state index in [0.717, 1.165) is 56.8 Å². The summed E-state index contributed by atoms with van der Waals surface area (Å²) in [5.74, 6) is 1.40. The highest BCUT2D eigenvalue weighted by molar-refractivity contribution is 7.99. The highest BCUT2D eigenvalue weighted by atomic mass is 32.2. The van der Waals surface area contributed by atoms with Gasteiger partial charge in [0.15, 0.2) is 10.3 Å². The molecule has 0 saturated carbocycles. The Morgan fingerprint density at radius 3 is 2.78 bits per heavy atom. The van der Waals surface area contributed by atoms with Crippen LogP contribution < -0.4 is 15.5 Å². The van der Waals surface area contributed by atoms with E-state index >= 15 is 0 Å². The van der Waals surface area contributed by atoms with E-state index in [2.05, 4.69) is 42.3 Å². The first-order chi connectivity index (χ1) is 15.7. The van der Waals surface area contributed by atoms with Crippen LogP contribution >= 0.6 is 24.0 Å². The van der Waals surface area contributed by atoms with Crippen molar-refractivity contribution in [2.75, 3.05) is 56.2 Å². The molecular weight excluding hydrogens is 444 g/mol. The monoisotopic (exact) mass is 474 g/mol. The topological polar surface area (TPSA) is 91.3 Å². The summed E-state index contributed by atoms with van der Waals surface area (Å²) in [5, 5.41) is 8.41. The Balaban J connectivity index is 1.43. The molecule has 2 fully saturated rings. The molecule has 2 N–H and O–H groups in total. The van der Waals surface area contributed by atoms with Gasteiger partial charge in [-0.15, -0.1) is 0 Å². The minimum atomic E-state index is 0.441. The van der Waals surface area contributed by atoms with Crippen LogP contribution in [0, 0.1) is 0 Å². The predicted octanol–water partition coefficient (Wildman–Crippen LogP) is 2.42. The third kappa shape index (κ3) is 6.71. The van der Waals surface area contributed by atoms with Gasteiger partial charge in [-0.1, -0.05) is 0 Å². The Kier molecular flexibility index (Phi) is 8.43. The van der Waals surface area contributed by atoms with E-state index < -0.39 is 0 Å². The van der Waals surface area contributed by atoms with Crippen LogP contribution in [0.25, 0.3) is 0 Å². The summed E-state index contributed by atoms with van der Waals surface area (Å²) in [6, 6.07) is 4.26. The molecule has 0 unspecified atom stereocenters. The fourth-order valence-electron chi connectivity index (χ4n) is 3.84. The lowest BCUT2D eigenvalue weighted by Gasteiger charge is -2.34. The van der Waals surface area contributed by atoms with Crippen molar-refractivity contribution in [1.29, 1.82) is 0 Å². The van der Waals surface area contributed by atoms with Gasteiger partial charge >= 0.3 is 0 Å². The van der Waals surface area contributed by atoms with Gasteiger partial charge in [0.2, 0.25) is 5.95 Å². The number of morpholine rings is 1. The van der Waals surface area contributed by atoms with Crippen LogP contribution in [-0.2, 0) is 4.74 Å². The van der Waals surface area contributed by atoms with Crippen molar-refractivity contribution in [3.8, 4) is 0 Å². The third-order valence-corrected chi connectivity index (χ3v) is 6.63. The number of piperidine rings is 1. The SMILES string of the molecule is C[C@@H]1CCCCN1c1cc(Sc2ncccn2)nc(NC(=S)NCCN2CCOCC2)n1. The number of rotatable bonds is 7. The van der Waals surface area contributed by atoms with E-state index in [1.807, 2.05) is 6.07 Å². The normalized spacial score (nSPS) is 19.5. The van der Waals surface area contributed by atoms with Gasteiger partial charge in [0.1, 0.15) is 10.8 Å².